The van der Waals surface area contributed by atoms with Crippen LogP contribution in [0.1, 0.15) is 25.5 Å². The fourth-order valence-electron chi connectivity index (χ4n) is 2.08. The van der Waals surface area contributed by atoms with Crippen LogP contribution < -0.4 is 0 Å². The number of allylic oxidation sites excluding steroid dienone is 2. The molecule has 22 heavy (non-hydrogen) atoms. The van der Waals surface area contributed by atoms with Crippen LogP contribution in [0, 0.1) is 6.07 Å². The summed E-state index contributed by atoms with van der Waals surface area (Å²) in [5.41, 5.74) is 2.84. The summed E-state index contributed by atoms with van der Waals surface area (Å²) in [4.78, 5) is 15.4. The zero-order valence-electron chi connectivity index (χ0n) is 12.4. The molecule has 0 unspecified atom stereocenters. The fraction of sp³-hybridized carbons (Fsp3) is 0.222. The number of rotatable bonds is 6. The summed E-state index contributed by atoms with van der Waals surface area (Å²) in [6.45, 7) is 1.43. The van der Waals surface area contributed by atoms with Crippen LogP contribution in [-0.2, 0) is 31.3 Å². The van der Waals surface area contributed by atoms with Crippen LogP contribution in [0.25, 0.3) is 11.3 Å². The molecule has 0 aliphatic heterocycles. The number of ketones is 1. The first-order valence-corrected chi connectivity index (χ1v) is 6.98. The standard InChI is InChI=1S/C18H18NO2.Ir/c1-14(20)13-17(21)11-5-9-16-10-6-12-18(19-16)15-7-3-2-4-8-15;/h2-4,6-7,10,12-13,21H,5,9,11H2,1H3;/q-1;. The SMILES string of the molecule is CC(=O)C=C(O)CCCc1cccc(-c2[c-]cccc2)n1.[Ir]. The first-order valence-electron chi connectivity index (χ1n) is 6.98. The summed E-state index contributed by atoms with van der Waals surface area (Å²) in [6.07, 6.45) is 3.27. The molecule has 0 fully saturated rings. The number of carbonyl (C=O) groups is 1. The van der Waals surface area contributed by atoms with Crippen LogP contribution in [0.2, 0.25) is 0 Å². The minimum Gasteiger partial charge on any atom is -0.512 e. The van der Waals surface area contributed by atoms with Gasteiger partial charge in [0, 0.05) is 38.3 Å². The van der Waals surface area contributed by atoms with E-state index in [2.05, 4.69) is 11.1 Å². The Morgan fingerprint density at radius 3 is 2.77 bits per heavy atom. The average Bonchev–Trinajstić information content (AvgIpc) is 2.48. The van der Waals surface area contributed by atoms with Crippen molar-refractivity contribution >= 4 is 5.78 Å². The molecule has 2 rings (SSSR count). The van der Waals surface area contributed by atoms with E-state index >= 15 is 0 Å². The third-order valence-corrected chi connectivity index (χ3v) is 3.03. The van der Waals surface area contributed by atoms with E-state index in [1.807, 2.05) is 42.5 Å². The van der Waals surface area contributed by atoms with Gasteiger partial charge in [0.25, 0.3) is 0 Å². The normalized spacial score (nSPS) is 10.9. The van der Waals surface area contributed by atoms with Crippen molar-refractivity contribution in [1.29, 1.82) is 0 Å². The second-order valence-electron chi connectivity index (χ2n) is 4.89. The number of hydrogen-bond acceptors (Lipinski definition) is 3. The zero-order chi connectivity index (χ0) is 15.1. The monoisotopic (exact) mass is 473 g/mol. The summed E-state index contributed by atoms with van der Waals surface area (Å²) in [7, 11) is 0. The molecule has 1 aromatic heterocycles. The van der Waals surface area contributed by atoms with Gasteiger partial charge in [-0.1, -0.05) is 12.1 Å². The first-order chi connectivity index (χ1) is 10.1. The maximum Gasteiger partial charge on any atom is 0.155 e. The topological polar surface area (TPSA) is 50.2 Å². The number of pyridine rings is 1. The van der Waals surface area contributed by atoms with Gasteiger partial charge in [-0.3, -0.25) is 4.79 Å². The number of carbonyl (C=O) groups excluding carboxylic acids is 1. The number of aryl methyl sites for hydroxylation is 1. The van der Waals surface area contributed by atoms with Crippen LogP contribution in [0.5, 0.6) is 0 Å². The second kappa shape index (κ2) is 9.29. The summed E-state index contributed by atoms with van der Waals surface area (Å²) >= 11 is 0. The van der Waals surface area contributed by atoms with Crippen molar-refractivity contribution in [3.05, 3.63) is 66.1 Å². The van der Waals surface area contributed by atoms with Crippen LogP contribution in [0.4, 0.5) is 0 Å². The summed E-state index contributed by atoms with van der Waals surface area (Å²) in [5.74, 6) is 0.00212. The minimum atomic E-state index is -0.132. The molecule has 0 amide bonds. The number of aliphatic hydroxyl groups excluding tert-OH is 1. The van der Waals surface area contributed by atoms with E-state index in [0.29, 0.717) is 6.42 Å². The predicted molar refractivity (Wildman–Crippen MR) is 82.8 cm³/mol. The van der Waals surface area contributed by atoms with Gasteiger partial charge < -0.3 is 10.1 Å². The second-order valence-corrected chi connectivity index (χ2v) is 4.89. The molecule has 0 saturated heterocycles. The molecule has 0 spiro atoms. The molecule has 0 atom stereocenters. The molecule has 1 N–H and O–H groups in total. The molecule has 3 nitrogen and oxygen atoms in total. The average molecular weight is 473 g/mol. The van der Waals surface area contributed by atoms with Gasteiger partial charge >= 0.3 is 0 Å². The van der Waals surface area contributed by atoms with Crippen LogP contribution in [0.15, 0.2) is 54.3 Å². The number of aliphatic hydroxyl groups is 1. The maximum atomic E-state index is 10.8. The van der Waals surface area contributed by atoms with Crippen LogP contribution >= 0.6 is 0 Å². The molecule has 0 aliphatic rings. The molecule has 1 heterocycles. The number of hydrogen-bond donors (Lipinski definition) is 1. The van der Waals surface area contributed by atoms with E-state index in [1.54, 1.807) is 0 Å². The zero-order valence-corrected chi connectivity index (χ0v) is 14.8. The van der Waals surface area contributed by atoms with Gasteiger partial charge in [0.2, 0.25) is 0 Å². The van der Waals surface area contributed by atoms with E-state index in [-0.39, 0.29) is 31.6 Å². The van der Waals surface area contributed by atoms with Gasteiger partial charge in [-0.15, -0.1) is 35.9 Å². The molecule has 0 bridgehead atoms. The van der Waals surface area contributed by atoms with Crippen molar-refractivity contribution in [2.24, 2.45) is 0 Å². The summed E-state index contributed by atoms with van der Waals surface area (Å²) < 4.78 is 0. The molecule has 1 aromatic carbocycles. The molecular formula is C18H18IrNO2-. The smallest absolute Gasteiger partial charge is 0.155 e. The van der Waals surface area contributed by atoms with Crippen molar-refractivity contribution in [2.75, 3.05) is 0 Å². The maximum absolute atomic E-state index is 10.8. The Labute approximate surface area is 144 Å². The Morgan fingerprint density at radius 2 is 2.09 bits per heavy atom. The van der Waals surface area contributed by atoms with Gasteiger partial charge in [-0.2, -0.15) is 0 Å². The van der Waals surface area contributed by atoms with Crippen molar-refractivity contribution < 1.29 is 30.0 Å². The molecule has 117 valence electrons. The quantitative estimate of drug-likeness (QED) is 0.394. The Morgan fingerprint density at radius 1 is 1.27 bits per heavy atom. The van der Waals surface area contributed by atoms with Crippen LogP contribution in [0.3, 0.4) is 0 Å². The molecule has 4 heteroatoms. The summed E-state index contributed by atoms with van der Waals surface area (Å²) in [5, 5.41) is 9.55. The van der Waals surface area contributed by atoms with Crippen molar-refractivity contribution in [1.82, 2.24) is 4.98 Å². The minimum absolute atomic E-state index is 0. The fourth-order valence-corrected chi connectivity index (χ4v) is 2.08. The molecular weight excluding hydrogens is 454 g/mol. The Hall–Kier alpha value is -1.77. The largest absolute Gasteiger partial charge is 0.512 e. The molecule has 1 radical (unpaired) electrons. The summed E-state index contributed by atoms with van der Waals surface area (Å²) in [6, 6.07) is 16.8. The molecule has 0 saturated carbocycles. The van der Waals surface area contributed by atoms with E-state index < -0.39 is 0 Å². The third-order valence-electron chi connectivity index (χ3n) is 3.03. The Bertz CT molecular complexity index is 639. The Balaban J connectivity index is 0.00000242. The molecule has 0 aliphatic carbocycles. The number of benzene rings is 1. The van der Waals surface area contributed by atoms with Crippen molar-refractivity contribution in [2.45, 2.75) is 26.2 Å². The van der Waals surface area contributed by atoms with Crippen LogP contribution in [-0.4, -0.2) is 15.9 Å². The van der Waals surface area contributed by atoms with Crippen molar-refractivity contribution in [3.8, 4) is 11.3 Å². The van der Waals surface area contributed by atoms with Gasteiger partial charge in [-0.05, 0) is 31.5 Å². The predicted octanol–water partition coefficient (Wildman–Crippen LogP) is 3.90. The van der Waals surface area contributed by atoms with Gasteiger partial charge in [0.05, 0.1) is 5.76 Å². The van der Waals surface area contributed by atoms with E-state index in [1.165, 1.54) is 13.0 Å². The molecule has 2 aromatic rings. The Kier molecular flexibility index (Phi) is 7.72. The van der Waals surface area contributed by atoms with Gasteiger partial charge in [0.15, 0.2) is 5.78 Å². The number of nitrogens with zero attached hydrogens (tertiary/aromatic N) is 1. The van der Waals surface area contributed by atoms with E-state index in [0.717, 1.165) is 29.8 Å². The first kappa shape index (κ1) is 18.3. The third kappa shape index (κ3) is 5.92. The van der Waals surface area contributed by atoms with Gasteiger partial charge in [-0.25, -0.2) is 0 Å². The number of aromatic nitrogens is 1. The van der Waals surface area contributed by atoms with Crippen molar-refractivity contribution in [3.63, 3.8) is 0 Å². The van der Waals surface area contributed by atoms with E-state index in [4.69, 9.17) is 0 Å². The van der Waals surface area contributed by atoms with E-state index in [9.17, 15) is 9.90 Å². The van der Waals surface area contributed by atoms with Gasteiger partial charge in [0.1, 0.15) is 0 Å².